The molecule has 5 heteroatoms. The molecule has 0 heterocycles. The first kappa shape index (κ1) is 13.1. The second-order valence-electron chi connectivity index (χ2n) is 3.59. The molecule has 0 radical (unpaired) electrons. The summed E-state index contributed by atoms with van der Waals surface area (Å²) in [5.41, 5.74) is 0.860. The molecule has 0 aliphatic heterocycles. The van der Waals surface area contributed by atoms with Gasteiger partial charge in [-0.05, 0) is 42.5 Å². The number of hydrogen-bond acceptors (Lipinski definition) is 1. The number of carbonyl (C=O) groups is 1. The summed E-state index contributed by atoms with van der Waals surface area (Å²) in [6.45, 7) is 0. The number of rotatable bonds is 2. The van der Waals surface area contributed by atoms with Gasteiger partial charge in [0.15, 0.2) is 0 Å². The zero-order valence-corrected chi connectivity index (χ0v) is 11.4. The van der Waals surface area contributed by atoms with Crippen molar-refractivity contribution in [2.75, 3.05) is 5.32 Å². The Morgan fingerprint density at radius 1 is 1.17 bits per heavy atom. The van der Waals surface area contributed by atoms with Gasteiger partial charge < -0.3 is 5.32 Å². The van der Waals surface area contributed by atoms with Gasteiger partial charge in [-0.15, -0.1) is 0 Å². The smallest absolute Gasteiger partial charge is 0.255 e. The minimum Gasteiger partial charge on any atom is -0.322 e. The Kier molecular flexibility index (Phi) is 3.99. The first-order valence-corrected chi connectivity index (χ1v) is 6.25. The predicted octanol–water partition coefficient (Wildman–Crippen LogP) is 4.49. The van der Waals surface area contributed by atoms with Crippen molar-refractivity contribution in [1.82, 2.24) is 0 Å². The maximum Gasteiger partial charge on any atom is 0.255 e. The molecule has 2 aromatic carbocycles. The van der Waals surface area contributed by atoms with Crippen LogP contribution >= 0.6 is 27.5 Å². The summed E-state index contributed by atoms with van der Waals surface area (Å²) in [5.74, 6) is -0.993. The Balaban J connectivity index is 2.16. The SMILES string of the molecule is O=C(Nc1ccc(Br)cc1)c1ccc(Cl)c(F)c1. The van der Waals surface area contributed by atoms with Crippen molar-refractivity contribution in [3.63, 3.8) is 0 Å². The Morgan fingerprint density at radius 2 is 1.83 bits per heavy atom. The molecule has 92 valence electrons. The highest BCUT2D eigenvalue weighted by molar-refractivity contribution is 9.10. The third-order valence-corrected chi connectivity index (χ3v) is 3.12. The van der Waals surface area contributed by atoms with Crippen LogP contribution in [0.4, 0.5) is 10.1 Å². The fraction of sp³-hybridized carbons (Fsp3) is 0. The van der Waals surface area contributed by atoms with Gasteiger partial charge in [-0.1, -0.05) is 27.5 Å². The van der Waals surface area contributed by atoms with Crippen molar-refractivity contribution in [2.24, 2.45) is 0 Å². The monoisotopic (exact) mass is 327 g/mol. The number of halogens is 3. The Hall–Kier alpha value is -1.39. The lowest BCUT2D eigenvalue weighted by Crippen LogP contribution is -2.11. The van der Waals surface area contributed by atoms with Gasteiger partial charge in [0.25, 0.3) is 5.91 Å². The van der Waals surface area contributed by atoms with E-state index in [2.05, 4.69) is 21.2 Å². The van der Waals surface area contributed by atoms with Crippen LogP contribution in [-0.2, 0) is 0 Å². The van der Waals surface area contributed by atoms with Crippen LogP contribution in [0.2, 0.25) is 5.02 Å². The van der Waals surface area contributed by atoms with Crippen LogP contribution < -0.4 is 5.32 Å². The summed E-state index contributed by atoms with van der Waals surface area (Å²) >= 11 is 8.85. The molecule has 0 saturated heterocycles. The summed E-state index contributed by atoms with van der Waals surface area (Å²) in [7, 11) is 0. The van der Waals surface area contributed by atoms with Gasteiger partial charge in [0.05, 0.1) is 5.02 Å². The van der Waals surface area contributed by atoms with E-state index in [0.29, 0.717) is 5.69 Å². The molecule has 2 rings (SSSR count). The van der Waals surface area contributed by atoms with Crippen molar-refractivity contribution in [2.45, 2.75) is 0 Å². The Morgan fingerprint density at radius 3 is 2.44 bits per heavy atom. The van der Waals surface area contributed by atoms with E-state index in [-0.39, 0.29) is 16.5 Å². The first-order chi connectivity index (χ1) is 8.56. The molecule has 0 saturated carbocycles. The topological polar surface area (TPSA) is 29.1 Å². The summed E-state index contributed by atoms with van der Waals surface area (Å²) in [5, 5.41) is 2.66. The van der Waals surface area contributed by atoms with Crippen LogP contribution in [0.1, 0.15) is 10.4 Å². The standard InChI is InChI=1S/C13H8BrClFNO/c14-9-2-4-10(5-3-9)17-13(18)8-1-6-11(15)12(16)7-8/h1-7H,(H,17,18). The average Bonchev–Trinajstić information content (AvgIpc) is 2.35. The van der Waals surface area contributed by atoms with E-state index < -0.39 is 5.82 Å². The quantitative estimate of drug-likeness (QED) is 0.864. The van der Waals surface area contributed by atoms with E-state index in [4.69, 9.17) is 11.6 Å². The normalized spacial score (nSPS) is 10.2. The molecule has 0 unspecified atom stereocenters. The number of anilines is 1. The molecule has 0 spiro atoms. The van der Waals surface area contributed by atoms with Gasteiger partial charge in [0.2, 0.25) is 0 Å². The molecule has 1 N–H and O–H groups in total. The second-order valence-corrected chi connectivity index (χ2v) is 4.91. The van der Waals surface area contributed by atoms with Crippen LogP contribution in [0.3, 0.4) is 0 Å². The number of amides is 1. The Labute approximate surface area is 117 Å². The molecule has 0 bridgehead atoms. The van der Waals surface area contributed by atoms with E-state index in [9.17, 15) is 9.18 Å². The summed E-state index contributed by atoms with van der Waals surface area (Å²) < 4.78 is 14.1. The highest BCUT2D eigenvalue weighted by Gasteiger charge is 2.09. The van der Waals surface area contributed by atoms with Crippen molar-refractivity contribution in [1.29, 1.82) is 0 Å². The van der Waals surface area contributed by atoms with Gasteiger partial charge in [-0.3, -0.25) is 4.79 Å². The number of nitrogens with one attached hydrogen (secondary N) is 1. The lowest BCUT2D eigenvalue weighted by Gasteiger charge is -2.05. The molecule has 2 aromatic rings. The van der Waals surface area contributed by atoms with Crippen LogP contribution in [0.5, 0.6) is 0 Å². The average molecular weight is 329 g/mol. The van der Waals surface area contributed by atoms with Gasteiger partial charge in [-0.25, -0.2) is 4.39 Å². The predicted molar refractivity (Wildman–Crippen MR) is 73.5 cm³/mol. The summed E-state index contributed by atoms with van der Waals surface area (Å²) in [6.07, 6.45) is 0. The fourth-order valence-electron chi connectivity index (χ4n) is 1.37. The third kappa shape index (κ3) is 3.09. The van der Waals surface area contributed by atoms with E-state index in [1.54, 1.807) is 24.3 Å². The van der Waals surface area contributed by atoms with Crippen LogP contribution in [0.25, 0.3) is 0 Å². The van der Waals surface area contributed by atoms with Crippen molar-refractivity contribution < 1.29 is 9.18 Å². The van der Waals surface area contributed by atoms with Gasteiger partial charge in [-0.2, -0.15) is 0 Å². The molecular formula is C13H8BrClFNO. The molecule has 0 fully saturated rings. The maximum atomic E-state index is 13.2. The van der Waals surface area contributed by atoms with E-state index in [0.717, 1.165) is 10.5 Å². The highest BCUT2D eigenvalue weighted by atomic mass is 79.9. The number of benzene rings is 2. The van der Waals surface area contributed by atoms with E-state index in [1.165, 1.54) is 12.1 Å². The number of hydrogen-bond donors (Lipinski definition) is 1. The minimum atomic E-state index is -0.611. The van der Waals surface area contributed by atoms with Crippen molar-refractivity contribution in [3.8, 4) is 0 Å². The zero-order valence-electron chi connectivity index (χ0n) is 9.08. The molecule has 0 aliphatic carbocycles. The van der Waals surface area contributed by atoms with E-state index >= 15 is 0 Å². The molecular weight excluding hydrogens is 321 g/mol. The van der Waals surface area contributed by atoms with Crippen molar-refractivity contribution >= 4 is 39.1 Å². The lowest BCUT2D eigenvalue weighted by molar-refractivity contribution is 0.102. The molecule has 0 atom stereocenters. The zero-order chi connectivity index (χ0) is 13.1. The van der Waals surface area contributed by atoms with Crippen molar-refractivity contribution in [3.05, 3.63) is 63.3 Å². The highest BCUT2D eigenvalue weighted by Crippen LogP contribution is 2.18. The number of carbonyl (C=O) groups excluding carboxylic acids is 1. The van der Waals surface area contributed by atoms with Crippen LogP contribution in [0, 0.1) is 5.82 Å². The van der Waals surface area contributed by atoms with E-state index in [1.807, 2.05) is 0 Å². The maximum absolute atomic E-state index is 13.2. The molecule has 0 aromatic heterocycles. The summed E-state index contributed by atoms with van der Waals surface area (Å²) in [6, 6.07) is 11.0. The Bertz CT molecular complexity index is 586. The third-order valence-electron chi connectivity index (χ3n) is 2.28. The van der Waals surface area contributed by atoms with Crippen LogP contribution in [0.15, 0.2) is 46.9 Å². The molecule has 2 nitrogen and oxygen atoms in total. The fourth-order valence-corrected chi connectivity index (χ4v) is 1.76. The summed E-state index contributed by atoms with van der Waals surface area (Å²) in [4.78, 5) is 11.8. The molecule has 0 aliphatic rings. The first-order valence-electron chi connectivity index (χ1n) is 5.08. The minimum absolute atomic E-state index is 0.00445. The second kappa shape index (κ2) is 5.50. The van der Waals surface area contributed by atoms with Crippen LogP contribution in [-0.4, -0.2) is 5.91 Å². The van der Waals surface area contributed by atoms with Gasteiger partial charge in [0.1, 0.15) is 5.82 Å². The molecule has 1 amide bonds. The lowest BCUT2D eigenvalue weighted by atomic mass is 10.2. The van der Waals surface area contributed by atoms with Gasteiger partial charge >= 0.3 is 0 Å². The molecule has 18 heavy (non-hydrogen) atoms. The largest absolute Gasteiger partial charge is 0.322 e. The van der Waals surface area contributed by atoms with Gasteiger partial charge in [0, 0.05) is 15.7 Å².